The topological polar surface area (TPSA) is 57.7 Å². The summed E-state index contributed by atoms with van der Waals surface area (Å²) >= 11 is 1.51. The third-order valence-corrected chi connectivity index (χ3v) is 4.99. The van der Waals surface area contributed by atoms with E-state index in [1.165, 1.54) is 24.5 Å². The molecule has 0 aliphatic heterocycles. The molecule has 0 aliphatic rings. The largest absolute Gasteiger partial charge is 0.497 e. The van der Waals surface area contributed by atoms with Gasteiger partial charge in [0.2, 0.25) is 0 Å². The van der Waals surface area contributed by atoms with Crippen molar-refractivity contribution >= 4 is 23.4 Å². The van der Waals surface area contributed by atoms with Gasteiger partial charge in [0.1, 0.15) is 16.5 Å². The van der Waals surface area contributed by atoms with Gasteiger partial charge in [-0.3, -0.25) is 0 Å². The van der Waals surface area contributed by atoms with Crippen molar-refractivity contribution in [3.63, 3.8) is 0 Å². The molecule has 0 fully saturated rings. The Labute approximate surface area is 161 Å². The highest BCUT2D eigenvalue weighted by molar-refractivity contribution is 7.16. The summed E-state index contributed by atoms with van der Waals surface area (Å²) in [6.45, 7) is 0. The first-order chi connectivity index (χ1) is 13.1. The first-order valence-corrected chi connectivity index (χ1v) is 9.02. The molecule has 27 heavy (non-hydrogen) atoms. The van der Waals surface area contributed by atoms with Crippen molar-refractivity contribution < 1.29 is 19.0 Å². The van der Waals surface area contributed by atoms with Crippen molar-refractivity contribution in [1.29, 1.82) is 0 Å². The van der Waals surface area contributed by atoms with E-state index >= 15 is 0 Å². The minimum absolute atomic E-state index is 0.415. The molecule has 0 amide bonds. The van der Waals surface area contributed by atoms with E-state index in [0.29, 0.717) is 0 Å². The standard InChI is InChI=1S/C21H19NO4S/c1-24-16-8-4-14(5-9-16)20-21(15-6-10-17(25-2)11-7-15)27-18(22-20)12-13-19(23)26-3/h4-13H,1-3H3/b13-12+. The first kappa shape index (κ1) is 18.7. The molecule has 2 aromatic carbocycles. The normalized spacial score (nSPS) is 10.8. The summed E-state index contributed by atoms with van der Waals surface area (Å²) in [5, 5.41) is 0.719. The van der Waals surface area contributed by atoms with Crippen LogP contribution in [0.2, 0.25) is 0 Å². The van der Waals surface area contributed by atoms with Gasteiger partial charge < -0.3 is 14.2 Å². The van der Waals surface area contributed by atoms with Crippen molar-refractivity contribution in [2.75, 3.05) is 21.3 Å². The minimum atomic E-state index is -0.415. The maximum atomic E-state index is 11.4. The number of carbonyl (C=O) groups excluding carboxylic acids is 1. The Bertz CT molecular complexity index is 878. The van der Waals surface area contributed by atoms with Crippen LogP contribution in [0.15, 0.2) is 54.6 Å². The van der Waals surface area contributed by atoms with Crippen LogP contribution in [-0.2, 0) is 9.53 Å². The monoisotopic (exact) mass is 381 g/mol. The molecule has 1 aromatic heterocycles. The van der Waals surface area contributed by atoms with Gasteiger partial charge in [0, 0.05) is 11.6 Å². The van der Waals surface area contributed by atoms with E-state index in [9.17, 15) is 4.79 Å². The Morgan fingerprint density at radius 3 is 1.96 bits per heavy atom. The van der Waals surface area contributed by atoms with Gasteiger partial charge in [0.15, 0.2) is 0 Å². The highest BCUT2D eigenvalue weighted by Crippen LogP contribution is 2.38. The molecule has 0 N–H and O–H groups in total. The predicted molar refractivity (Wildman–Crippen MR) is 107 cm³/mol. The number of carbonyl (C=O) groups is 1. The number of aromatic nitrogens is 1. The molecule has 5 nitrogen and oxygen atoms in total. The molecule has 0 spiro atoms. The maximum absolute atomic E-state index is 11.4. The van der Waals surface area contributed by atoms with Crippen molar-refractivity contribution in [3.8, 4) is 33.2 Å². The minimum Gasteiger partial charge on any atom is -0.497 e. The first-order valence-electron chi connectivity index (χ1n) is 8.20. The Morgan fingerprint density at radius 1 is 0.889 bits per heavy atom. The van der Waals surface area contributed by atoms with Gasteiger partial charge in [-0.2, -0.15) is 0 Å². The van der Waals surface area contributed by atoms with Crippen LogP contribution in [0.1, 0.15) is 5.01 Å². The number of benzene rings is 2. The van der Waals surface area contributed by atoms with E-state index in [1.807, 2.05) is 48.5 Å². The molecule has 0 bridgehead atoms. The van der Waals surface area contributed by atoms with E-state index in [2.05, 4.69) is 4.74 Å². The number of methoxy groups -OCH3 is 3. The Morgan fingerprint density at radius 2 is 1.44 bits per heavy atom. The third-order valence-electron chi connectivity index (χ3n) is 3.92. The number of rotatable bonds is 6. The number of hydrogen-bond donors (Lipinski definition) is 0. The van der Waals surface area contributed by atoms with Crippen molar-refractivity contribution in [1.82, 2.24) is 4.98 Å². The lowest BCUT2D eigenvalue weighted by Gasteiger charge is -2.05. The zero-order valence-electron chi connectivity index (χ0n) is 15.3. The quantitative estimate of drug-likeness (QED) is 0.458. The van der Waals surface area contributed by atoms with Gasteiger partial charge >= 0.3 is 5.97 Å². The van der Waals surface area contributed by atoms with E-state index in [1.54, 1.807) is 20.3 Å². The Balaban J connectivity index is 2.06. The number of esters is 1. The average Bonchev–Trinajstić information content (AvgIpc) is 3.16. The second-order valence-corrected chi connectivity index (χ2v) is 6.57. The van der Waals surface area contributed by atoms with Crippen LogP contribution in [-0.4, -0.2) is 32.3 Å². The van der Waals surface area contributed by atoms with Crippen LogP contribution >= 0.6 is 11.3 Å². The number of thiazole rings is 1. The van der Waals surface area contributed by atoms with Gasteiger partial charge in [-0.15, -0.1) is 11.3 Å². The summed E-state index contributed by atoms with van der Waals surface area (Å²) in [5.41, 5.74) is 2.84. The summed E-state index contributed by atoms with van der Waals surface area (Å²) in [7, 11) is 4.62. The summed E-state index contributed by atoms with van der Waals surface area (Å²) in [6.07, 6.45) is 3.03. The predicted octanol–water partition coefficient (Wildman–Crippen LogP) is 4.68. The molecule has 0 aliphatic carbocycles. The highest BCUT2D eigenvalue weighted by Gasteiger charge is 2.14. The van der Waals surface area contributed by atoms with Crippen molar-refractivity contribution in [2.24, 2.45) is 0 Å². The van der Waals surface area contributed by atoms with Crippen LogP contribution in [0.4, 0.5) is 0 Å². The van der Waals surface area contributed by atoms with Crippen LogP contribution in [0.25, 0.3) is 27.8 Å². The summed E-state index contributed by atoms with van der Waals surface area (Å²) < 4.78 is 15.1. The average molecular weight is 381 g/mol. The molecule has 3 rings (SSSR count). The van der Waals surface area contributed by atoms with Crippen LogP contribution in [0.3, 0.4) is 0 Å². The second kappa shape index (κ2) is 8.51. The van der Waals surface area contributed by atoms with Gasteiger partial charge in [-0.05, 0) is 60.2 Å². The number of ether oxygens (including phenoxy) is 3. The molecule has 1 heterocycles. The second-order valence-electron chi connectivity index (χ2n) is 5.54. The SMILES string of the molecule is COC(=O)/C=C/c1nc(-c2ccc(OC)cc2)c(-c2ccc(OC)cc2)s1. The summed E-state index contributed by atoms with van der Waals surface area (Å²) in [4.78, 5) is 17.1. The van der Waals surface area contributed by atoms with Gasteiger partial charge in [0.25, 0.3) is 0 Å². The molecule has 0 atom stereocenters. The van der Waals surface area contributed by atoms with E-state index in [-0.39, 0.29) is 0 Å². The summed E-state index contributed by atoms with van der Waals surface area (Å²) in [5.74, 6) is 1.16. The third kappa shape index (κ3) is 4.35. The van der Waals surface area contributed by atoms with Crippen LogP contribution in [0, 0.1) is 0 Å². The van der Waals surface area contributed by atoms with Gasteiger partial charge in [-0.1, -0.05) is 0 Å². The van der Waals surface area contributed by atoms with Gasteiger partial charge in [0.05, 0.1) is 31.9 Å². The van der Waals surface area contributed by atoms with Crippen LogP contribution < -0.4 is 9.47 Å². The fourth-order valence-corrected chi connectivity index (χ4v) is 3.49. The van der Waals surface area contributed by atoms with E-state index < -0.39 is 5.97 Å². The smallest absolute Gasteiger partial charge is 0.330 e. The lowest BCUT2D eigenvalue weighted by atomic mass is 10.1. The lowest BCUT2D eigenvalue weighted by molar-refractivity contribution is -0.134. The molecule has 138 valence electrons. The maximum Gasteiger partial charge on any atom is 0.330 e. The molecular weight excluding hydrogens is 362 g/mol. The van der Waals surface area contributed by atoms with E-state index in [0.717, 1.165) is 38.2 Å². The zero-order chi connectivity index (χ0) is 19.2. The summed E-state index contributed by atoms with van der Waals surface area (Å²) in [6, 6.07) is 15.5. The molecule has 3 aromatic rings. The molecule has 0 saturated carbocycles. The highest BCUT2D eigenvalue weighted by atomic mass is 32.1. The molecule has 0 unspecified atom stereocenters. The van der Waals surface area contributed by atoms with Crippen molar-refractivity contribution in [2.45, 2.75) is 0 Å². The van der Waals surface area contributed by atoms with Crippen molar-refractivity contribution in [3.05, 3.63) is 59.6 Å². The lowest BCUT2D eigenvalue weighted by Crippen LogP contribution is -1.93. The molecule has 6 heteroatoms. The molecule has 0 radical (unpaired) electrons. The fraction of sp³-hybridized carbons (Fsp3) is 0.143. The molecular formula is C21H19NO4S. The number of nitrogens with zero attached hydrogens (tertiary/aromatic N) is 1. The Kier molecular flexibility index (Phi) is 5.88. The zero-order valence-corrected chi connectivity index (χ0v) is 16.1. The molecule has 0 saturated heterocycles. The Hall–Kier alpha value is -3.12. The number of hydrogen-bond acceptors (Lipinski definition) is 6. The van der Waals surface area contributed by atoms with E-state index in [4.69, 9.17) is 14.5 Å². The van der Waals surface area contributed by atoms with Gasteiger partial charge in [-0.25, -0.2) is 9.78 Å². The van der Waals surface area contributed by atoms with Crippen LogP contribution in [0.5, 0.6) is 11.5 Å². The fourth-order valence-electron chi connectivity index (χ4n) is 2.50.